The molecular weight excluding hydrogens is 332 g/mol. The van der Waals surface area contributed by atoms with Crippen LogP contribution in [0, 0.1) is 0 Å². The Bertz CT molecular complexity index is 682. The molecule has 1 fully saturated rings. The van der Waals surface area contributed by atoms with Gasteiger partial charge in [-0.2, -0.15) is 11.3 Å². The summed E-state index contributed by atoms with van der Waals surface area (Å²) in [5.74, 6) is 1.46. The average molecular weight is 359 g/mol. The van der Waals surface area contributed by atoms with Crippen molar-refractivity contribution in [3.63, 3.8) is 0 Å². The fraction of sp³-hybridized carbons (Fsp3) is 0.450. The van der Waals surface area contributed by atoms with Gasteiger partial charge in [0.05, 0.1) is 7.11 Å². The lowest BCUT2D eigenvalue weighted by molar-refractivity contribution is -0.130. The molecule has 1 saturated heterocycles. The minimum atomic E-state index is 0.258. The van der Waals surface area contributed by atoms with E-state index in [1.54, 1.807) is 18.4 Å². The van der Waals surface area contributed by atoms with Gasteiger partial charge in [0.2, 0.25) is 5.91 Å². The molecule has 1 aromatic heterocycles. The molecule has 2 aromatic rings. The molecule has 134 valence electrons. The molecule has 4 nitrogen and oxygen atoms in total. The van der Waals surface area contributed by atoms with Crippen molar-refractivity contribution in [3.05, 3.63) is 52.2 Å². The van der Waals surface area contributed by atoms with Gasteiger partial charge in [-0.15, -0.1) is 0 Å². The van der Waals surface area contributed by atoms with Crippen molar-refractivity contribution in [2.75, 3.05) is 34.3 Å². The van der Waals surface area contributed by atoms with E-state index in [1.807, 2.05) is 17.0 Å². The first-order chi connectivity index (χ1) is 12.1. The molecule has 1 aliphatic rings. The molecule has 25 heavy (non-hydrogen) atoms. The minimum Gasteiger partial charge on any atom is -0.497 e. The highest BCUT2D eigenvalue weighted by atomic mass is 32.1. The van der Waals surface area contributed by atoms with E-state index in [4.69, 9.17) is 4.74 Å². The molecule has 2 heterocycles. The molecule has 1 amide bonds. The summed E-state index contributed by atoms with van der Waals surface area (Å²) in [6.07, 6.45) is 1.42. The van der Waals surface area contributed by atoms with E-state index in [9.17, 15) is 4.79 Å². The third-order valence-electron chi connectivity index (χ3n) is 5.06. The van der Waals surface area contributed by atoms with Crippen LogP contribution in [-0.4, -0.2) is 56.0 Å². The third kappa shape index (κ3) is 4.22. The molecule has 5 heteroatoms. The normalized spacial score (nSPS) is 20.2. The second-order valence-corrected chi connectivity index (χ2v) is 7.62. The number of likely N-dealkylation sites (N-methyl/N-ethyl adjacent to an activating group) is 1. The second kappa shape index (κ2) is 8.02. The minimum absolute atomic E-state index is 0.258. The Hall–Kier alpha value is -1.85. The number of carbonyl (C=O) groups is 1. The number of carbonyl (C=O) groups excluding carboxylic acids is 1. The van der Waals surface area contributed by atoms with Crippen molar-refractivity contribution in [3.8, 4) is 5.75 Å². The zero-order chi connectivity index (χ0) is 17.8. The lowest BCUT2D eigenvalue weighted by Gasteiger charge is -2.25. The Morgan fingerprint density at radius 3 is 2.60 bits per heavy atom. The monoisotopic (exact) mass is 358 g/mol. The second-order valence-electron chi connectivity index (χ2n) is 6.84. The molecular formula is C20H26N2O2S. The SMILES string of the molecule is COc1ccc([C@@H]2CN(C(=O)CCc3ccsc3)C[C@H]2N(C)C)cc1. The third-order valence-corrected chi connectivity index (χ3v) is 5.79. The summed E-state index contributed by atoms with van der Waals surface area (Å²) in [6, 6.07) is 10.7. The Balaban J connectivity index is 1.67. The predicted octanol–water partition coefficient (Wildman–Crippen LogP) is 3.25. The quantitative estimate of drug-likeness (QED) is 0.795. The fourth-order valence-electron chi connectivity index (χ4n) is 3.54. The maximum Gasteiger partial charge on any atom is 0.222 e. The van der Waals surface area contributed by atoms with Crippen LogP contribution in [0.4, 0.5) is 0 Å². The zero-order valence-corrected chi connectivity index (χ0v) is 16.0. The Labute approximate surface area is 154 Å². The summed E-state index contributed by atoms with van der Waals surface area (Å²) >= 11 is 1.69. The van der Waals surface area contributed by atoms with Gasteiger partial charge >= 0.3 is 0 Å². The van der Waals surface area contributed by atoms with Crippen LogP contribution in [0.2, 0.25) is 0 Å². The summed E-state index contributed by atoms with van der Waals surface area (Å²) < 4.78 is 5.26. The van der Waals surface area contributed by atoms with Crippen LogP contribution in [0.25, 0.3) is 0 Å². The number of hydrogen-bond acceptors (Lipinski definition) is 4. The van der Waals surface area contributed by atoms with Gasteiger partial charge in [0.25, 0.3) is 0 Å². The van der Waals surface area contributed by atoms with Gasteiger partial charge in [-0.05, 0) is 60.6 Å². The molecule has 1 aliphatic heterocycles. The number of likely N-dealkylation sites (tertiary alicyclic amines) is 1. The smallest absolute Gasteiger partial charge is 0.222 e. The summed E-state index contributed by atoms with van der Waals surface area (Å²) in [6.45, 7) is 1.59. The van der Waals surface area contributed by atoms with E-state index in [2.05, 4.69) is 48.0 Å². The summed E-state index contributed by atoms with van der Waals surface area (Å²) in [7, 11) is 5.88. The highest BCUT2D eigenvalue weighted by molar-refractivity contribution is 7.07. The maximum atomic E-state index is 12.7. The molecule has 3 rings (SSSR count). The zero-order valence-electron chi connectivity index (χ0n) is 15.1. The van der Waals surface area contributed by atoms with Crippen molar-refractivity contribution < 1.29 is 9.53 Å². The van der Waals surface area contributed by atoms with Crippen LogP contribution in [0.5, 0.6) is 5.75 Å². The van der Waals surface area contributed by atoms with Crippen LogP contribution < -0.4 is 4.74 Å². The first-order valence-electron chi connectivity index (χ1n) is 8.67. The molecule has 0 aliphatic carbocycles. The van der Waals surface area contributed by atoms with Crippen LogP contribution in [0.3, 0.4) is 0 Å². The van der Waals surface area contributed by atoms with Crippen LogP contribution in [-0.2, 0) is 11.2 Å². The Morgan fingerprint density at radius 2 is 2.00 bits per heavy atom. The lowest BCUT2D eigenvalue weighted by atomic mass is 9.93. The first-order valence-corrected chi connectivity index (χ1v) is 9.62. The number of hydrogen-bond donors (Lipinski definition) is 0. The van der Waals surface area contributed by atoms with Gasteiger partial charge in [0.15, 0.2) is 0 Å². The van der Waals surface area contributed by atoms with Crippen LogP contribution in [0.15, 0.2) is 41.1 Å². The van der Waals surface area contributed by atoms with Crippen LogP contribution >= 0.6 is 11.3 Å². The fourth-order valence-corrected chi connectivity index (χ4v) is 4.24. The summed E-state index contributed by atoms with van der Waals surface area (Å²) in [5, 5.41) is 4.19. The van der Waals surface area contributed by atoms with E-state index in [1.165, 1.54) is 11.1 Å². The largest absolute Gasteiger partial charge is 0.497 e. The number of amides is 1. The van der Waals surface area contributed by atoms with Crippen molar-refractivity contribution in [2.45, 2.75) is 24.8 Å². The van der Waals surface area contributed by atoms with E-state index in [-0.39, 0.29) is 5.91 Å². The van der Waals surface area contributed by atoms with E-state index in [0.717, 1.165) is 25.3 Å². The highest BCUT2D eigenvalue weighted by Gasteiger charge is 2.37. The lowest BCUT2D eigenvalue weighted by Crippen LogP contribution is -2.35. The number of nitrogens with zero attached hydrogens (tertiary/aromatic N) is 2. The number of benzene rings is 1. The topological polar surface area (TPSA) is 32.8 Å². The molecule has 0 radical (unpaired) electrons. The maximum absolute atomic E-state index is 12.7. The summed E-state index contributed by atoms with van der Waals surface area (Å²) in [5.41, 5.74) is 2.53. The Kier molecular flexibility index (Phi) is 5.76. The molecule has 2 atom stereocenters. The number of ether oxygens (including phenoxy) is 1. The van der Waals surface area contributed by atoms with E-state index < -0.39 is 0 Å². The molecule has 0 N–H and O–H groups in total. The number of thiophene rings is 1. The molecule has 0 spiro atoms. The number of methoxy groups -OCH3 is 1. The van der Waals surface area contributed by atoms with E-state index >= 15 is 0 Å². The van der Waals surface area contributed by atoms with Gasteiger partial charge in [-0.1, -0.05) is 12.1 Å². The average Bonchev–Trinajstić information content (AvgIpc) is 3.29. The first kappa shape index (κ1) is 18.0. The van der Waals surface area contributed by atoms with E-state index in [0.29, 0.717) is 18.4 Å². The highest BCUT2D eigenvalue weighted by Crippen LogP contribution is 2.31. The van der Waals surface area contributed by atoms with Crippen molar-refractivity contribution >= 4 is 17.2 Å². The molecule has 0 saturated carbocycles. The predicted molar refractivity (Wildman–Crippen MR) is 102 cm³/mol. The van der Waals surface area contributed by atoms with Crippen molar-refractivity contribution in [1.82, 2.24) is 9.80 Å². The number of aryl methyl sites for hydroxylation is 1. The standard InChI is InChI=1S/C20H26N2O2S/c1-21(2)19-13-22(20(23)9-4-15-10-11-25-14-15)12-18(19)16-5-7-17(24-3)8-6-16/h5-8,10-11,14,18-19H,4,9,12-13H2,1-3H3/t18-,19+/m0/s1. The van der Waals surface area contributed by atoms with Gasteiger partial charge in [-0.3, -0.25) is 4.79 Å². The van der Waals surface area contributed by atoms with Gasteiger partial charge in [0.1, 0.15) is 5.75 Å². The van der Waals surface area contributed by atoms with Gasteiger partial charge < -0.3 is 14.5 Å². The van der Waals surface area contributed by atoms with Crippen molar-refractivity contribution in [2.24, 2.45) is 0 Å². The molecule has 0 bridgehead atoms. The van der Waals surface area contributed by atoms with Crippen LogP contribution in [0.1, 0.15) is 23.5 Å². The Morgan fingerprint density at radius 1 is 1.24 bits per heavy atom. The molecule has 1 aromatic carbocycles. The number of rotatable bonds is 6. The van der Waals surface area contributed by atoms with Crippen molar-refractivity contribution in [1.29, 1.82) is 0 Å². The van der Waals surface area contributed by atoms with Gasteiger partial charge in [-0.25, -0.2) is 0 Å². The molecule has 0 unspecified atom stereocenters. The summed E-state index contributed by atoms with van der Waals surface area (Å²) in [4.78, 5) is 16.9. The van der Waals surface area contributed by atoms with Gasteiger partial charge in [0, 0.05) is 31.5 Å².